The molecule has 16 heavy (non-hydrogen) atoms. The Morgan fingerprint density at radius 1 is 1.50 bits per heavy atom. The minimum absolute atomic E-state index is 0.163. The molecule has 0 radical (unpaired) electrons. The summed E-state index contributed by atoms with van der Waals surface area (Å²) in [4.78, 5) is 11.2. The molecule has 1 atom stereocenters. The maximum absolute atomic E-state index is 13.2. The molecule has 0 amide bonds. The molecule has 1 unspecified atom stereocenters. The lowest BCUT2D eigenvalue weighted by Gasteiger charge is -2.10. The van der Waals surface area contributed by atoms with Gasteiger partial charge in [-0.1, -0.05) is 6.92 Å². The summed E-state index contributed by atoms with van der Waals surface area (Å²) in [6.45, 7) is 1.76. The first kappa shape index (κ1) is 13.0. The van der Waals surface area contributed by atoms with Gasteiger partial charge in [-0.3, -0.25) is 4.79 Å². The topological polar surface area (TPSA) is 26.3 Å². The van der Waals surface area contributed by atoms with Gasteiger partial charge in [0, 0.05) is 10.1 Å². The number of halogens is 2. The molecule has 0 saturated carbocycles. The van der Waals surface area contributed by atoms with Gasteiger partial charge in [0.05, 0.1) is 13.5 Å². The second kappa shape index (κ2) is 5.84. The molecule has 1 aromatic carbocycles. The van der Waals surface area contributed by atoms with E-state index in [1.165, 1.54) is 7.11 Å². The van der Waals surface area contributed by atoms with Crippen LogP contribution in [-0.2, 0) is 9.53 Å². The van der Waals surface area contributed by atoms with E-state index in [0.717, 1.165) is 30.0 Å². The van der Waals surface area contributed by atoms with Crippen molar-refractivity contribution in [1.82, 2.24) is 0 Å². The second-order valence-electron chi connectivity index (χ2n) is 3.28. The van der Waals surface area contributed by atoms with Gasteiger partial charge >= 0.3 is 5.97 Å². The molecule has 0 N–H and O–H groups in total. The largest absolute Gasteiger partial charge is 0.469 e. The van der Waals surface area contributed by atoms with Crippen molar-refractivity contribution in [1.29, 1.82) is 0 Å². The van der Waals surface area contributed by atoms with Crippen LogP contribution in [0.3, 0.4) is 0 Å². The number of ether oxygens (including phenoxy) is 1. The van der Waals surface area contributed by atoms with Crippen molar-refractivity contribution in [3.63, 3.8) is 0 Å². The number of hydrogen-bond acceptors (Lipinski definition) is 3. The molecule has 0 aliphatic heterocycles. The van der Waals surface area contributed by atoms with Crippen LogP contribution in [0.15, 0.2) is 23.1 Å². The van der Waals surface area contributed by atoms with Crippen LogP contribution >= 0.6 is 11.8 Å². The van der Waals surface area contributed by atoms with Crippen molar-refractivity contribution >= 4 is 17.7 Å². The van der Waals surface area contributed by atoms with Gasteiger partial charge in [-0.25, -0.2) is 8.78 Å². The van der Waals surface area contributed by atoms with Gasteiger partial charge in [-0.15, -0.1) is 11.8 Å². The zero-order chi connectivity index (χ0) is 12.1. The Labute approximate surface area is 97.0 Å². The van der Waals surface area contributed by atoms with E-state index in [2.05, 4.69) is 4.74 Å². The fourth-order valence-corrected chi connectivity index (χ4v) is 2.16. The number of esters is 1. The molecule has 5 heteroatoms. The molecule has 0 bridgehead atoms. The lowest BCUT2D eigenvalue weighted by atomic mass is 10.3. The molecule has 0 aliphatic carbocycles. The lowest BCUT2D eigenvalue weighted by molar-refractivity contribution is -0.140. The predicted molar refractivity (Wildman–Crippen MR) is 58.3 cm³/mol. The van der Waals surface area contributed by atoms with Gasteiger partial charge in [0.2, 0.25) is 0 Å². The first-order chi connectivity index (χ1) is 7.52. The Balaban J connectivity index is 2.65. The Morgan fingerprint density at radius 3 is 2.81 bits per heavy atom. The molecule has 0 aliphatic rings. The third kappa shape index (κ3) is 3.81. The maximum atomic E-state index is 13.2. The zero-order valence-corrected chi connectivity index (χ0v) is 9.81. The molecular weight excluding hydrogens is 234 g/mol. The van der Waals surface area contributed by atoms with Crippen LogP contribution in [0, 0.1) is 11.6 Å². The minimum Gasteiger partial charge on any atom is -0.469 e. The molecular formula is C11H12F2O2S. The molecule has 2 nitrogen and oxygen atoms in total. The number of thioether (sulfide) groups is 1. The third-order valence-corrected chi connectivity index (χ3v) is 3.04. The van der Waals surface area contributed by atoms with E-state index in [0.29, 0.717) is 0 Å². The number of carbonyl (C=O) groups excluding carboxylic acids is 1. The van der Waals surface area contributed by atoms with Crippen molar-refractivity contribution in [3.05, 3.63) is 29.8 Å². The highest BCUT2D eigenvalue weighted by Gasteiger charge is 2.13. The van der Waals surface area contributed by atoms with Crippen LogP contribution < -0.4 is 0 Å². The average molecular weight is 246 g/mol. The van der Waals surface area contributed by atoms with E-state index >= 15 is 0 Å². The normalized spacial score (nSPS) is 12.2. The summed E-state index contributed by atoms with van der Waals surface area (Å²) in [5, 5.41) is -0.163. The molecule has 88 valence electrons. The van der Waals surface area contributed by atoms with Crippen LogP contribution in [0.4, 0.5) is 8.78 Å². The van der Waals surface area contributed by atoms with E-state index in [1.54, 1.807) is 6.92 Å². The smallest absolute Gasteiger partial charge is 0.306 e. The summed E-state index contributed by atoms with van der Waals surface area (Å²) in [5.74, 6) is -1.34. The summed E-state index contributed by atoms with van der Waals surface area (Å²) in [6.07, 6.45) is 0.164. The monoisotopic (exact) mass is 246 g/mol. The summed E-state index contributed by atoms with van der Waals surface area (Å²) < 4.78 is 30.6. The molecule has 0 fully saturated rings. The van der Waals surface area contributed by atoms with Crippen LogP contribution in [0.1, 0.15) is 13.3 Å². The number of rotatable bonds is 4. The van der Waals surface area contributed by atoms with Crippen LogP contribution in [-0.4, -0.2) is 18.3 Å². The Bertz CT molecular complexity index is 382. The predicted octanol–water partition coefficient (Wildman–Crippen LogP) is 3.01. The molecule has 0 aromatic heterocycles. The first-order valence-corrected chi connectivity index (χ1v) is 5.59. The highest BCUT2D eigenvalue weighted by molar-refractivity contribution is 8.00. The van der Waals surface area contributed by atoms with Crippen molar-refractivity contribution in [2.24, 2.45) is 0 Å². The first-order valence-electron chi connectivity index (χ1n) is 4.71. The van der Waals surface area contributed by atoms with Gasteiger partial charge in [-0.2, -0.15) is 0 Å². The minimum atomic E-state index is -0.492. The van der Waals surface area contributed by atoms with Crippen molar-refractivity contribution in [3.8, 4) is 0 Å². The number of benzene rings is 1. The van der Waals surface area contributed by atoms with E-state index in [1.807, 2.05) is 0 Å². The zero-order valence-electron chi connectivity index (χ0n) is 9.00. The second-order valence-corrected chi connectivity index (χ2v) is 4.76. The van der Waals surface area contributed by atoms with E-state index in [4.69, 9.17) is 0 Å². The van der Waals surface area contributed by atoms with Gasteiger partial charge in [0.15, 0.2) is 0 Å². The molecule has 0 saturated heterocycles. The van der Waals surface area contributed by atoms with E-state index in [9.17, 15) is 13.6 Å². The highest BCUT2D eigenvalue weighted by Crippen LogP contribution is 2.28. The van der Waals surface area contributed by atoms with Crippen molar-refractivity contribution in [2.45, 2.75) is 23.5 Å². The molecule has 0 heterocycles. The molecule has 1 aromatic rings. The quantitative estimate of drug-likeness (QED) is 0.603. The van der Waals surface area contributed by atoms with Crippen LogP contribution in [0.2, 0.25) is 0 Å². The summed E-state index contributed by atoms with van der Waals surface area (Å²) in [6, 6.07) is 3.25. The van der Waals surface area contributed by atoms with E-state index in [-0.39, 0.29) is 22.5 Å². The standard InChI is InChI=1S/C11H12F2O2S/c1-7(5-11(14)15-2)16-10-6-8(12)3-4-9(10)13/h3-4,6-7H,5H2,1-2H3. The van der Waals surface area contributed by atoms with Crippen LogP contribution in [0.25, 0.3) is 0 Å². The summed E-state index contributed by atoms with van der Waals surface area (Å²) in [5.41, 5.74) is 0. The van der Waals surface area contributed by atoms with Gasteiger partial charge < -0.3 is 4.74 Å². The Kier molecular flexibility index (Phi) is 4.73. The summed E-state index contributed by atoms with van der Waals surface area (Å²) >= 11 is 1.11. The Morgan fingerprint density at radius 2 is 2.19 bits per heavy atom. The maximum Gasteiger partial charge on any atom is 0.306 e. The van der Waals surface area contributed by atoms with Gasteiger partial charge in [0.1, 0.15) is 11.6 Å². The highest BCUT2D eigenvalue weighted by atomic mass is 32.2. The molecule has 0 spiro atoms. The number of methoxy groups -OCH3 is 1. The fraction of sp³-hybridized carbons (Fsp3) is 0.364. The fourth-order valence-electron chi connectivity index (χ4n) is 1.14. The average Bonchev–Trinajstić information content (AvgIpc) is 2.23. The van der Waals surface area contributed by atoms with Crippen molar-refractivity contribution in [2.75, 3.05) is 7.11 Å². The van der Waals surface area contributed by atoms with Gasteiger partial charge in [-0.05, 0) is 18.2 Å². The van der Waals surface area contributed by atoms with Crippen molar-refractivity contribution < 1.29 is 18.3 Å². The van der Waals surface area contributed by atoms with E-state index < -0.39 is 11.6 Å². The summed E-state index contributed by atoms with van der Waals surface area (Å²) in [7, 11) is 1.29. The number of carbonyl (C=O) groups is 1. The van der Waals surface area contributed by atoms with Gasteiger partial charge in [0.25, 0.3) is 0 Å². The third-order valence-electron chi connectivity index (χ3n) is 1.90. The molecule has 1 rings (SSSR count). The van der Waals surface area contributed by atoms with Crippen LogP contribution in [0.5, 0.6) is 0 Å². The number of hydrogen-bond donors (Lipinski definition) is 0. The SMILES string of the molecule is COC(=O)CC(C)Sc1cc(F)ccc1F. The Hall–Kier alpha value is -1.10. The lowest BCUT2D eigenvalue weighted by Crippen LogP contribution is -2.08.